The monoisotopic (exact) mass is 272 g/mol. The topological polar surface area (TPSA) is 72.9 Å². The van der Waals surface area contributed by atoms with E-state index in [0.717, 1.165) is 31.2 Å². The van der Waals surface area contributed by atoms with Gasteiger partial charge in [-0.05, 0) is 25.3 Å². The van der Waals surface area contributed by atoms with Crippen molar-refractivity contribution < 1.29 is 4.79 Å². The fourth-order valence-electron chi connectivity index (χ4n) is 2.28. The Bertz CT molecular complexity index is 399. The largest absolute Gasteiger partial charge is 0.353 e. The van der Waals surface area contributed by atoms with Crippen molar-refractivity contribution in [1.29, 1.82) is 0 Å². The zero-order chi connectivity index (χ0) is 12.3. The molecule has 3 N–H and O–H groups in total. The fraction of sp³-hybridized carbons (Fsp3) is 0.667. The molecule has 1 fully saturated rings. The lowest BCUT2D eigenvalue weighted by molar-refractivity contribution is -0.126. The molecule has 1 aliphatic carbocycles. The smallest absolute Gasteiger partial charge is 0.240 e. The third kappa shape index (κ3) is 3.46. The van der Waals surface area contributed by atoms with E-state index in [1.54, 1.807) is 0 Å². The van der Waals surface area contributed by atoms with Crippen LogP contribution in [0.3, 0.4) is 0 Å². The Morgan fingerprint density at radius 2 is 2.22 bits per heavy atom. The zero-order valence-electron chi connectivity index (χ0n) is 10.7. The second kappa shape index (κ2) is 6.20. The van der Waals surface area contributed by atoms with E-state index in [1.807, 2.05) is 24.0 Å². The van der Waals surface area contributed by atoms with Crippen LogP contribution in [-0.2, 0) is 11.3 Å². The van der Waals surface area contributed by atoms with Gasteiger partial charge < -0.3 is 11.1 Å². The molecule has 5 nitrogen and oxygen atoms in total. The van der Waals surface area contributed by atoms with Crippen molar-refractivity contribution in [3.05, 3.63) is 18.0 Å². The molecule has 0 unspecified atom stereocenters. The van der Waals surface area contributed by atoms with Gasteiger partial charge in [0, 0.05) is 12.7 Å². The van der Waals surface area contributed by atoms with Gasteiger partial charge in [-0.15, -0.1) is 12.4 Å². The number of aromatic nitrogens is 2. The van der Waals surface area contributed by atoms with Gasteiger partial charge in [0.2, 0.25) is 5.91 Å². The van der Waals surface area contributed by atoms with Gasteiger partial charge in [0.25, 0.3) is 0 Å². The molecule has 0 bridgehead atoms. The van der Waals surface area contributed by atoms with E-state index in [1.165, 1.54) is 0 Å². The van der Waals surface area contributed by atoms with Gasteiger partial charge in [-0.25, -0.2) is 0 Å². The first-order chi connectivity index (χ1) is 8.10. The molecule has 0 spiro atoms. The summed E-state index contributed by atoms with van der Waals surface area (Å²) in [6, 6.07) is 0. The molecule has 1 heterocycles. The summed E-state index contributed by atoms with van der Waals surface area (Å²) in [4.78, 5) is 11.9. The van der Waals surface area contributed by atoms with Crippen LogP contribution in [0, 0.1) is 6.92 Å². The van der Waals surface area contributed by atoms with Crippen molar-refractivity contribution in [3.8, 4) is 0 Å². The summed E-state index contributed by atoms with van der Waals surface area (Å²) >= 11 is 0. The number of nitrogens with zero attached hydrogens (tertiary/aromatic N) is 2. The van der Waals surface area contributed by atoms with Crippen LogP contribution >= 0.6 is 12.4 Å². The predicted molar refractivity (Wildman–Crippen MR) is 72.6 cm³/mol. The van der Waals surface area contributed by atoms with E-state index < -0.39 is 5.54 Å². The molecule has 0 aromatic carbocycles. The van der Waals surface area contributed by atoms with Crippen molar-refractivity contribution in [2.24, 2.45) is 5.73 Å². The molecule has 6 heteroatoms. The molecule has 102 valence electrons. The summed E-state index contributed by atoms with van der Waals surface area (Å²) in [5.41, 5.74) is 6.55. The van der Waals surface area contributed by atoms with Crippen molar-refractivity contribution >= 4 is 18.3 Å². The van der Waals surface area contributed by atoms with E-state index in [9.17, 15) is 4.79 Å². The summed E-state index contributed by atoms with van der Waals surface area (Å²) in [6.45, 7) is 3.27. The molecule has 0 radical (unpaired) electrons. The van der Waals surface area contributed by atoms with Crippen molar-refractivity contribution in [1.82, 2.24) is 15.1 Å². The molecule has 1 aromatic rings. The number of carbonyl (C=O) groups excluding carboxylic acids is 1. The van der Waals surface area contributed by atoms with Crippen molar-refractivity contribution in [2.75, 3.05) is 6.54 Å². The maximum atomic E-state index is 11.9. The number of hydrogen-bond acceptors (Lipinski definition) is 3. The molecule has 18 heavy (non-hydrogen) atoms. The quantitative estimate of drug-likeness (QED) is 0.859. The third-order valence-electron chi connectivity index (χ3n) is 3.34. The SMILES string of the molecule is Cc1cnn(CCNC(=O)C2(N)CCCC2)c1.Cl. The molecule has 1 aromatic heterocycles. The average Bonchev–Trinajstić information content (AvgIpc) is 2.89. The van der Waals surface area contributed by atoms with E-state index >= 15 is 0 Å². The van der Waals surface area contributed by atoms with Crippen LogP contribution in [0.1, 0.15) is 31.2 Å². The molecule has 0 aliphatic heterocycles. The number of amides is 1. The van der Waals surface area contributed by atoms with Gasteiger partial charge in [-0.1, -0.05) is 12.8 Å². The molecular weight excluding hydrogens is 252 g/mol. The van der Waals surface area contributed by atoms with Crippen LogP contribution in [0.4, 0.5) is 0 Å². The lowest BCUT2D eigenvalue weighted by Gasteiger charge is -2.22. The first kappa shape index (κ1) is 15.0. The minimum atomic E-state index is -0.625. The molecule has 1 amide bonds. The fourth-order valence-corrected chi connectivity index (χ4v) is 2.28. The Labute approximate surface area is 114 Å². The summed E-state index contributed by atoms with van der Waals surface area (Å²) in [7, 11) is 0. The Kier molecular flexibility index (Phi) is 5.16. The molecular formula is C12H21ClN4O. The second-order valence-electron chi connectivity index (χ2n) is 4.90. The Morgan fingerprint density at radius 3 is 2.78 bits per heavy atom. The van der Waals surface area contributed by atoms with Crippen LogP contribution in [0.5, 0.6) is 0 Å². The molecule has 1 saturated carbocycles. The maximum absolute atomic E-state index is 11.9. The normalized spacial score (nSPS) is 17.2. The number of aryl methyl sites for hydroxylation is 1. The van der Waals surface area contributed by atoms with E-state index in [4.69, 9.17) is 5.73 Å². The lowest BCUT2D eigenvalue weighted by Crippen LogP contribution is -2.52. The highest BCUT2D eigenvalue weighted by Gasteiger charge is 2.36. The molecule has 0 saturated heterocycles. The molecule has 1 aliphatic rings. The van der Waals surface area contributed by atoms with Gasteiger partial charge >= 0.3 is 0 Å². The number of nitrogens with one attached hydrogen (secondary N) is 1. The van der Waals surface area contributed by atoms with Gasteiger partial charge in [0.05, 0.1) is 18.3 Å². The van der Waals surface area contributed by atoms with Crippen LogP contribution < -0.4 is 11.1 Å². The number of nitrogens with two attached hydrogens (primary N) is 1. The highest BCUT2D eigenvalue weighted by atomic mass is 35.5. The van der Waals surface area contributed by atoms with Crippen LogP contribution in [-0.4, -0.2) is 27.8 Å². The van der Waals surface area contributed by atoms with E-state index in [2.05, 4.69) is 10.4 Å². The second-order valence-corrected chi connectivity index (χ2v) is 4.90. The van der Waals surface area contributed by atoms with E-state index in [0.29, 0.717) is 13.1 Å². The summed E-state index contributed by atoms with van der Waals surface area (Å²) in [5.74, 6) is -0.0149. The first-order valence-corrected chi connectivity index (χ1v) is 6.16. The first-order valence-electron chi connectivity index (χ1n) is 6.16. The zero-order valence-corrected chi connectivity index (χ0v) is 11.5. The van der Waals surface area contributed by atoms with Crippen LogP contribution in [0.2, 0.25) is 0 Å². The molecule has 2 rings (SSSR count). The highest BCUT2D eigenvalue weighted by Crippen LogP contribution is 2.26. The highest BCUT2D eigenvalue weighted by molar-refractivity contribution is 5.86. The van der Waals surface area contributed by atoms with Gasteiger partial charge in [0.1, 0.15) is 0 Å². The molecule has 0 atom stereocenters. The number of rotatable bonds is 4. The number of halogens is 1. The average molecular weight is 273 g/mol. The van der Waals surface area contributed by atoms with Gasteiger partial charge in [-0.2, -0.15) is 5.10 Å². The standard InChI is InChI=1S/C12H20N4O.ClH/c1-10-8-15-16(9-10)7-6-14-11(17)12(13)4-2-3-5-12;/h8-9H,2-7,13H2,1H3,(H,14,17);1H. The maximum Gasteiger partial charge on any atom is 0.240 e. The minimum Gasteiger partial charge on any atom is -0.353 e. The Morgan fingerprint density at radius 1 is 1.56 bits per heavy atom. The summed E-state index contributed by atoms with van der Waals surface area (Å²) in [6.07, 6.45) is 7.49. The van der Waals surface area contributed by atoms with Gasteiger partial charge in [-0.3, -0.25) is 9.48 Å². The number of hydrogen-bond donors (Lipinski definition) is 2. The van der Waals surface area contributed by atoms with Crippen LogP contribution in [0.15, 0.2) is 12.4 Å². The summed E-state index contributed by atoms with van der Waals surface area (Å²) < 4.78 is 1.83. The Hall–Kier alpha value is -1.07. The lowest BCUT2D eigenvalue weighted by atomic mass is 9.98. The third-order valence-corrected chi connectivity index (χ3v) is 3.34. The van der Waals surface area contributed by atoms with Crippen molar-refractivity contribution in [2.45, 2.75) is 44.7 Å². The summed E-state index contributed by atoms with van der Waals surface area (Å²) in [5, 5.41) is 7.06. The predicted octanol–water partition coefficient (Wildman–Crippen LogP) is 1.00. The van der Waals surface area contributed by atoms with Crippen molar-refractivity contribution in [3.63, 3.8) is 0 Å². The van der Waals surface area contributed by atoms with Crippen LogP contribution in [0.25, 0.3) is 0 Å². The minimum absolute atomic E-state index is 0. The van der Waals surface area contributed by atoms with E-state index in [-0.39, 0.29) is 18.3 Å². The number of carbonyl (C=O) groups is 1. The Balaban J connectivity index is 0.00000162. The van der Waals surface area contributed by atoms with Gasteiger partial charge in [0.15, 0.2) is 0 Å².